The molecule has 1 unspecified atom stereocenters. The van der Waals surface area contributed by atoms with Gasteiger partial charge in [-0.05, 0) is 30.7 Å². The van der Waals surface area contributed by atoms with Crippen molar-refractivity contribution in [1.29, 1.82) is 0 Å². The Balaban J connectivity index is 2.08. The van der Waals surface area contributed by atoms with Crippen molar-refractivity contribution in [3.8, 4) is 0 Å². The molecule has 118 valence electrons. The molecule has 1 atom stereocenters. The Kier molecular flexibility index (Phi) is 8.71. The Labute approximate surface area is 128 Å². The van der Waals surface area contributed by atoms with E-state index in [2.05, 4.69) is 19.2 Å². The van der Waals surface area contributed by atoms with E-state index in [1.165, 1.54) is 5.56 Å². The number of benzene rings is 1. The zero-order valence-corrected chi connectivity index (χ0v) is 13.2. The molecule has 0 saturated heterocycles. The molecule has 4 nitrogen and oxygen atoms in total. The summed E-state index contributed by atoms with van der Waals surface area (Å²) < 4.78 is 5.45. The molecule has 0 fully saturated rings. The van der Waals surface area contributed by atoms with Crippen molar-refractivity contribution in [2.24, 2.45) is 11.7 Å². The molecule has 0 aromatic heterocycles. The molecule has 0 radical (unpaired) electrons. The first-order valence-electron chi connectivity index (χ1n) is 7.74. The van der Waals surface area contributed by atoms with Gasteiger partial charge in [0, 0.05) is 13.2 Å². The summed E-state index contributed by atoms with van der Waals surface area (Å²) >= 11 is 0. The number of rotatable bonds is 10. The van der Waals surface area contributed by atoms with E-state index in [9.17, 15) is 4.79 Å². The molecule has 0 spiro atoms. The van der Waals surface area contributed by atoms with Crippen molar-refractivity contribution >= 4 is 5.91 Å². The third-order valence-electron chi connectivity index (χ3n) is 3.31. The minimum atomic E-state index is -0.458. The average Bonchev–Trinajstić information content (AvgIpc) is 2.48. The summed E-state index contributed by atoms with van der Waals surface area (Å²) in [7, 11) is 0. The second kappa shape index (κ2) is 10.4. The molecule has 0 aliphatic heterocycles. The Morgan fingerprint density at radius 2 is 1.90 bits per heavy atom. The van der Waals surface area contributed by atoms with Crippen LogP contribution in [0.25, 0.3) is 0 Å². The number of hydrogen-bond donors (Lipinski definition) is 2. The Morgan fingerprint density at radius 3 is 2.57 bits per heavy atom. The Morgan fingerprint density at radius 1 is 1.19 bits per heavy atom. The van der Waals surface area contributed by atoms with Crippen LogP contribution in [-0.4, -0.2) is 31.7 Å². The third kappa shape index (κ3) is 8.48. The van der Waals surface area contributed by atoms with Crippen molar-refractivity contribution in [1.82, 2.24) is 5.32 Å². The lowest BCUT2D eigenvalue weighted by Gasteiger charge is -2.12. The molecule has 1 aromatic rings. The molecule has 21 heavy (non-hydrogen) atoms. The molecule has 1 aromatic carbocycles. The highest BCUT2D eigenvalue weighted by Crippen LogP contribution is 2.04. The summed E-state index contributed by atoms with van der Waals surface area (Å²) in [6.07, 6.45) is 2.52. The van der Waals surface area contributed by atoms with Crippen molar-refractivity contribution in [3.05, 3.63) is 35.9 Å². The quantitative estimate of drug-likeness (QED) is 0.649. The van der Waals surface area contributed by atoms with E-state index in [4.69, 9.17) is 10.5 Å². The fourth-order valence-electron chi connectivity index (χ4n) is 1.90. The van der Waals surface area contributed by atoms with Crippen molar-refractivity contribution < 1.29 is 9.53 Å². The molecule has 4 heteroatoms. The van der Waals surface area contributed by atoms with Gasteiger partial charge in [0.25, 0.3) is 0 Å². The van der Waals surface area contributed by atoms with Crippen LogP contribution in [0, 0.1) is 5.92 Å². The number of aryl methyl sites for hydroxylation is 1. The molecular weight excluding hydrogens is 264 g/mol. The molecule has 0 saturated carbocycles. The van der Waals surface area contributed by atoms with Crippen LogP contribution < -0.4 is 11.1 Å². The minimum Gasteiger partial charge on any atom is -0.380 e. The number of amides is 1. The molecule has 0 bridgehead atoms. The van der Waals surface area contributed by atoms with Gasteiger partial charge in [-0.1, -0.05) is 44.2 Å². The lowest BCUT2D eigenvalue weighted by Crippen LogP contribution is -2.42. The van der Waals surface area contributed by atoms with Gasteiger partial charge in [0.1, 0.15) is 0 Å². The van der Waals surface area contributed by atoms with E-state index in [1.54, 1.807) is 0 Å². The maximum atomic E-state index is 11.8. The molecule has 0 heterocycles. The molecule has 1 amide bonds. The predicted molar refractivity (Wildman–Crippen MR) is 86.0 cm³/mol. The molecule has 3 N–H and O–H groups in total. The number of carbonyl (C=O) groups excluding carboxylic acids is 1. The number of nitrogens with two attached hydrogens (primary N) is 1. The maximum Gasteiger partial charge on any atom is 0.237 e. The highest BCUT2D eigenvalue weighted by Gasteiger charge is 2.12. The van der Waals surface area contributed by atoms with Gasteiger partial charge >= 0.3 is 0 Å². The van der Waals surface area contributed by atoms with Gasteiger partial charge in [-0.2, -0.15) is 0 Å². The van der Waals surface area contributed by atoms with Gasteiger partial charge in [-0.25, -0.2) is 0 Å². The smallest absolute Gasteiger partial charge is 0.237 e. The summed E-state index contributed by atoms with van der Waals surface area (Å²) in [6.45, 7) is 6.14. The first-order chi connectivity index (χ1) is 10.1. The Bertz CT molecular complexity index is 393. The van der Waals surface area contributed by atoms with Crippen LogP contribution in [0.5, 0.6) is 0 Å². The first kappa shape index (κ1) is 17.7. The molecule has 0 aliphatic carbocycles. The van der Waals surface area contributed by atoms with Crippen LogP contribution in [0.4, 0.5) is 0 Å². The van der Waals surface area contributed by atoms with Gasteiger partial charge < -0.3 is 15.8 Å². The number of carbonyl (C=O) groups is 1. The molecule has 1 rings (SSSR count). The Hall–Kier alpha value is -1.39. The lowest BCUT2D eigenvalue weighted by molar-refractivity contribution is -0.122. The summed E-state index contributed by atoms with van der Waals surface area (Å²) in [4.78, 5) is 11.8. The lowest BCUT2D eigenvalue weighted by atomic mass is 10.1. The predicted octanol–water partition coefficient (Wildman–Crippen LogP) is 2.13. The van der Waals surface area contributed by atoms with Gasteiger partial charge in [0.2, 0.25) is 5.91 Å². The standard InChI is InChI=1S/C17H28N2O2/c1-14(2)10-12-21-13-11-19-17(20)16(18)9-8-15-6-4-3-5-7-15/h3-7,14,16H,8-13,18H2,1-2H3,(H,19,20). The van der Waals surface area contributed by atoms with Crippen molar-refractivity contribution in [2.75, 3.05) is 19.8 Å². The summed E-state index contributed by atoms with van der Waals surface area (Å²) in [5.74, 6) is 0.546. The normalized spacial score (nSPS) is 12.4. The van der Waals surface area contributed by atoms with Crippen molar-refractivity contribution in [3.63, 3.8) is 0 Å². The molecule has 0 aliphatic rings. The van der Waals surface area contributed by atoms with Crippen LogP contribution in [0.15, 0.2) is 30.3 Å². The van der Waals surface area contributed by atoms with Crippen LogP contribution >= 0.6 is 0 Å². The first-order valence-corrected chi connectivity index (χ1v) is 7.74. The monoisotopic (exact) mass is 292 g/mol. The number of hydrogen-bond acceptors (Lipinski definition) is 3. The number of ether oxygens (including phenoxy) is 1. The second-order valence-corrected chi connectivity index (χ2v) is 5.72. The van der Waals surface area contributed by atoms with Gasteiger partial charge in [0.05, 0.1) is 12.6 Å². The zero-order valence-electron chi connectivity index (χ0n) is 13.2. The van der Waals surface area contributed by atoms with E-state index >= 15 is 0 Å². The summed E-state index contributed by atoms with van der Waals surface area (Å²) in [6, 6.07) is 9.61. The van der Waals surface area contributed by atoms with Crippen LogP contribution in [-0.2, 0) is 16.0 Å². The second-order valence-electron chi connectivity index (χ2n) is 5.72. The largest absolute Gasteiger partial charge is 0.380 e. The molecular formula is C17H28N2O2. The minimum absolute atomic E-state index is 0.0987. The van der Waals surface area contributed by atoms with Gasteiger partial charge in [0.15, 0.2) is 0 Å². The van der Waals surface area contributed by atoms with Gasteiger partial charge in [-0.15, -0.1) is 0 Å². The summed E-state index contributed by atoms with van der Waals surface area (Å²) in [5.41, 5.74) is 7.10. The van der Waals surface area contributed by atoms with E-state index in [-0.39, 0.29) is 5.91 Å². The summed E-state index contributed by atoms with van der Waals surface area (Å²) in [5, 5.41) is 2.82. The van der Waals surface area contributed by atoms with Crippen LogP contribution in [0.2, 0.25) is 0 Å². The fraction of sp³-hybridized carbons (Fsp3) is 0.588. The fourth-order valence-corrected chi connectivity index (χ4v) is 1.90. The maximum absolute atomic E-state index is 11.8. The highest BCUT2D eigenvalue weighted by atomic mass is 16.5. The van der Waals surface area contributed by atoms with E-state index in [1.807, 2.05) is 30.3 Å². The third-order valence-corrected chi connectivity index (χ3v) is 3.31. The number of nitrogens with one attached hydrogen (secondary N) is 1. The topological polar surface area (TPSA) is 64.3 Å². The van der Waals surface area contributed by atoms with Gasteiger partial charge in [-0.3, -0.25) is 4.79 Å². The van der Waals surface area contributed by atoms with E-state index in [0.717, 1.165) is 19.4 Å². The van der Waals surface area contributed by atoms with Crippen molar-refractivity contribution in [2.45, 2.75) is 39.2 Å². The zero-order chi connectivity index (χ0) is 15.5. The average molecular weight is 292 g/mol. The highest BCUT2D eigenvalue weighted by molar-refractivity contribution is 5.81. The van der Waals surface area contributed by atoms with E-state index in [0.29, 0.717) is 25.5 Å². The SMILES string of the molecule is CC(C)CCOCCNC(=O)C(N)CCc1ccccc1. The van der Waals surface area contributed by atoms with E-state index < -0.39 is 6.04 Å². The van der Waals surface area contributed by atoms with Crippen LogP contribution in [0.1, 0.15) is 32.3 Å². The van der Waals surface area contributed by atoms with Crippen LogP contribution in [0.3, 0.4) is 0 Å².